The maximum absolute atomic E-state index is 10.00. The predicted octanol–water partition coefficient (Wildman–Crippen LogP) is 0.0359. The number of aliphatic hydroxyl groups excluding tert-OH is 1. The summed E-state index contributed by atoms with van der Waals surface area (Å²) in [7, 11) is 0. The van der Waals surface area contributed by atoms with E-state index in [1.165, 1.54) is 0 Å². The molecule has 10 heavy (non-hydrogen) atoms. The molecule has 0 aromatic heterocycles. The average molecular weight is 143 g/mol. The highest BCUT2D eigenvalue weighted by molar-refractivity contribution is 5.46. The van der Waals surface area contributed by atoms with Crippen molar-refractivity contribution >= 4 is 6.41 Å². The van der Waals surface area contributed by atoms with Gasteiger partial charge in [0.15, 0.2) is 0 Å². The summed E-state index contributed by atoms with van der Waals surface area (Å²) in [6.07, 6.45) is 4.28. The number of carbonyl (C=O) groups excluding carboxylic acids is 1. The van der Waals surface area contributed by atoms with Gasteiger partial charge in [-0.25, -0.2) is 0 Å². The fraction of sp³-hybridized carbons (Fsp3) is 0.857. The van der Waals surface area contributed by atoms with Crippen LogP contribution in [0.25, 0.3) is 0 Å². The van der Waals surface area contributed by atoms with Crippen molar-refractivity contribution in [1.29, 1.82) is 0 Å². The van der Waals surface area contributed by atoms with E-state index in [1.54, 1.807) is 0 Å². The van der Waals surface area contributed by atoms with Crippen LogP contribution in [0.3, 0.4) is 0 Å². The Hall–Kier alpha value is -0.570. The van der Waals surface area contributed by atoms with Gasteiger partial charge in [0, 0.05) is 0 Å². The second-order valence-corrected chi connectivity index (χ2v) is 2.74. The van der Waals surface area contributed by atoms with Crippen LogP contribution in [0.1, 0.15) is 25.7 Å². The molecule has 3 nitrogen and oxygen atoms in total. The van der Waals surface area contributed by atoms with Crippen molar-refractivity contribution in [3.63, 3.8) is 0 Å². The zero-order valence-electron chi connectivity index (χ0n) is 5.92. The first-order valence-corrected chi connectivity index (χ1v) is 3.72. The molecule has 1 aliphatic carbocycles. The first-order valence-electron chi connectivity index (χ1n) is 3.72. The number of hydrogen-bond acceptors (Lipinski definition) is 2. The van der Waals surface area contributed by atoms with Crippen LogP contribution >= 0.6 is 0 Å². The fourth-order valence-corrected chi connectivity index (χ4v) is 1.39. The van der Waals surface area contributed by atoms with E-state index in [4.69, 9.17) is 0 Å². The number of aliphatic hydroxyl groups is 1. The minimum Gasteiger partial charge on any atom is -0.391 e. The van der Waals surface area contributed by atoms with Crippen LogP contribution in [0, 0.1) is 0 Å². The fourth-order valence-electron chi connectivity index (χ4n) is 1.39. The van der Waals surface area contributed by atoms with Crippen LogP contribution in [-0.2, 0) is 4.79 Å². The zero-order valence-corrected chi connectivity index (χ0v) is 5.92. The molecule has 3 heteroatoms. The normalized spacial score (nSPS) is 33.3. The van der Waals surface area contributed by atoms with E-state index >= 15 is 0 Å². The van der Waals surface area contributed by atoms with Crippen molar-refractivity contribution in [2.24, 2.45) is 0 Å². The Morgan fingerprint density at radius 1 is 1.40 bits per heavy atom. The zero-order chi connectivity index (χ0) is 7.40. The summed E-state index contributed by atoms with van der Waals surface area (Å²) in [6.45, 7) is 0. The third kappa shape index (κ3) is 1.70. The number of amides is 1. The van der Waals surface area contributed by atoms with Gasteiger partial charge >= 0.3 is 0 Å². The highest BCUT2D eigenvalue weighted by Crippen LogP contribution is 2.17. The molecule has 0 heterocycles. The molecule has 0 radical (unpaired) electrons. The number of carbonyl (C=O) groups is 1. The molecule has 1 amide bonds. The van der Waals surface area contributed by atoms with E-state index < -0.39 is 0 Å². The molecule has 0 aromatic carbocycles. The van der Waals surface area contributed by atoms with E-state index in [0.29, 0.717) is 6.41 Å². The van der Waals surface area contributed by atoms with Crippen LogP contribution in [0.4, 0.5) is 0 Å². The highest BCUT2D eigenvalue weighted by atomic mass is 16.3. The Labute approximate surface area is 60.4 Å². The van der Waals surface area contributed by atoms with Gasteiger partial charge in [-0.1, -0.05) is 12.8 Å². The van der Waals surface area contributed by atoms with Crippen molar-refractivity contribution in [3.05, 3.63) is 0 Å². The molecule has 2 N–H and O–H groups in total. The number of rotatable bonds is 2. The van der Waals surface area contributed by atoms with Gasteiger partial charge in [-0.3, -0.25) is 4.79 Å². The second kappa shape index (κ2) is 3.56. The van der Waals surface area contributed by atoms with Crippen molar-refractivity contribution in [2.45, 2.75) is 37.8 Å². The molecule has 1 saturated carbocycles. The lowest BCUT2D eigenvalue weighted by Gasteiger charge is -2.26. The van der Waals surface area contributed by atoms with E-state index in [-0.39, 0.29) is 12.1 Å². The van der Waals surface area contributed by atoms with Crippen LogP contribution in [0.5, 0.6) is 0 Å². The first kappa shape index (κ1) is 7.54. The van der Waals surface area contributed by atoms with Gasteiger partial charge in [0.1, 0.15) is 0 Å². The molecule has 2 unspecified atom stereocenters. The summed E-state index contributed by atoms with van der Waals surface area (Å²) in [5.74, 6) is 0. The Balaban J connectivity index is 2.32. The van der Waals surface area contributed by atoms with Crippen molar-refractivity contribution in [3.8, 4) is 0 Å². The summed E-state index contributed by atoms with van der Waals surface area (Å²) in [5, 5.41) is 11.9. The molecule has 0 aromatic rings. The van der Waals surface area contributed by atoms with E-state index in [2.05, 4.69) is 5.32 Å². The standard InChI is InChI=1S/C7H13NO2/c9-5-8-6-3-1-2-4-7(6)10/h5-7,10H,1-4H2,(H,8,9). The highest BCUT2D eigenvalue weighted by Gasteiger charge is 2.21. The Morgan fingerprint density at radius 2 is 2.10 bits per heavy atom. The third-order valence-corrected chi connectivity index (χ3v) is 2.01. The Bertz CT molecular complexity index is 116. The summed E-state index contributed by atoms with van der Waals surface area (Å²) in [4.78, 5) is 10.00. The Morgan fingerprint density at radius 3 is 2.70 bits per heavy atom. The smallest absolute Gasteiger partial charge is 0.207 e. The molecule has 2 atom stereocenters. The van der Waals surface area contributed by atoms with Gasteiger partial charge in [0.25, 0.3) is 0 Å². The lowest BCUT2D eigenvalue weighted by atomic mass is 9.93. The Kier molecular flexibility index (Phi) is 2.68. The SMILES string of the molecule is O=CNC1CCCCC1O. The van der Waals surface area contributed by atoms with Gasteiger partial charge in [-0.15, -0.1) is 0 Å². The van der Waals surface area contributed by atoms with E-state index in [0.717, 1.165) is 25.7 Å². The quantitative estimate of drug-likeness (QED) is 0.536. The molecule has 0 spiro atoms. The molecular formula is C7H13NO2. The molecule has 58 valence electrons. The third-order valence-electron chi connectivity index (χ3n) is 2.01. The maximum atomic E-state index is 10.00. The minimum absolute atomic E-state index is 0.00579. The second-order valence-electron chi connectivity index (χ2n) is 2.74. The lowest BCUT2D eigenvalue weighted by Crippen LogP contribution is -2.41. The van der Waals surface area contributed by atoms with Crippen molar-refractivity contribution in [2.75, 3.05) is 0 Å². The van der Waals surface area contributed by atoms with E-state index in [1.807, 2.05) is 0 Å². The van der Waals surface area contributed by atoms with Gasteiger partial charge in [0.05, 0.1) is 12.1 Å². The number of nitrogens with one attached hydrogen (secondary N) is 1. The molecule has 0 bridgehead atoms. The largest absolute Gasteiger partial charge is 0.391 e. The molecular weight excluding hydrogens is 130 g/mol. The summed E-state index contributed by atoms with van der Waals surface area (Å²) >= 11 is 0. The number of hydrogen-bond donors (Lipinski definition) is 2. The minimum atomic E-state index is -0.320. The molecule has 1 aliphatic rings. The van der Waals surface area contributed by atoms with E-state index in [9.17, 15) is 9.90 Å². The van der Waals surface area contributed by atoms with Crippen LogP contribution < -0.4 is 5.32 Å². The van der Waals surface area contributed by atoms with Crippen LogP contribution in [0.15, 0.2) is 0 Å². The first-order chi connectivity index (χ1) is 4.84. The average Bonchev–Trinajstić information content (AvgIpc) is 1.94. The molecule has 1 rings (SSSR count). The topological polar surface area (TPSA) is 49.3 Å². The summed E-state index contributed by atoms with van der Waals surface area (Å²) in [6, 6.07) is 0.00579. The van der Waals surface area contributed by atoms with Gasteiger partial charge in [-0.2, -0.15) is 0 Å². The molecule has 1 fully saturated rings. The van der Waals surface area contributed by atoms with Gasteiger partial charge in [-0.05, 0) is 12.8 Å². The van der Waals surface area contributed by atoms with Crippen molar-refractivity contribution in [1.82, 2.24) is 5.32 Å². The monoisotopic (exact) mass is 143 g/mol. The maximum Gasteiger partial charge on any atom is 0.207 e. The molecule has 0 saturated heterocycles. The molecule has 0 aliphatic heterocycles. The predicted molar refractivity (Wildman–Crippen MR) is 37.5 cm³/mol. The van der Waals surface area contributed by atoms with Gasteiger partial charge < -0.3 is 10.4 Å². The summed E-state index contributed by atoms with van der Waals surface area (Å²) in [5.41, 5.74) is 0. The van der Waals surface area contributed by atoms with Crippen LogP contribution in [-0.4, -0.2) is 23.7 Å². The lowest BCUT2D eigenvalue weighted by molar-refractivity contribution is -0.111. The van der Waals surface area contributed by atoms with Crippen molar-refractivity contribution < 1.29 is 9.90 Å². The summed E-state index contributed by atoms with van der Waals surface area (Å²) < 4.78 is 0. The van der Waals surface area contributed by atoms with Gasteiger partial charge in [0.2, 0.25) is 6.41 Å². The van der Waals surface area contributed by atoms with Crippen LogP contribution in [0.2, 0.25) is 0 Å².